The lowest BCUT2D eigenvalue weighted by Crippen LogP contribution is -2.55. The molecule has 1 N–H and O–H groups in total. The van der Waals surface area contributed by atoms with Crippen LogP contribution in [0.25, 0.3) is 0 Å². The Kier molecular flexibility index (Phi) is 10.5. The maximum atomic E-state index is 14.2. The van der Waals surface area contributed by atoms with Crippen molar-refractivity contribution in [2.24, 2.45) is 0 Å². The molecule has 3 aromatic carbocycles. The van der Waals surface area contributed by atoms with E-state index in [1.807, 2.05) is 65.8 Å². The van der Waals surface area contributed by atoms with Crippen LogP contribution in [-0.4, -0.2) is 43.3 Å². The first-order chi connectivity index (χ1) is 19.1. The van der Waals surface area contributed by atoms with Gasteiger partial charge in [0.15, 0.2) is 0 Å². The highest BCUT2D eigenvalue weighted by Crippen LogP contribution is 2.31. The summed E-state index contributed by atoms with van der Waals surface area (Å²) in [5.41, 5.74) is 2.37. The van der Waals surface area contributed by atoms with Crippen molar-refractivity contribution in [2.75, 3.05) is 10.8 Å². The van der Waals surface area contributed by atoms with Crippen LogP contribution in [0.2, 0.25) is 10.0 Å². The molecule has 0 aliphatic carbocycles. The SMILES string of the molecule is CC[C@H](C(=O)NC(C)(C)C)N(Cc1cccc(C)c1)C(=O)CN(c1ccc(Cl)c(Cl)c1)S(=O)(=O)c1ccc(C)cc1. The van der Waals surface area contributed by atoms with Gasteiger partial charge in [-0.2, -0.15) is 0 Å². The molecule has 2 amide bonds. The smallest absolute Gasteiger partial charge is 0.264 e. The van der Waals surface area contributed by atoms with E-state index in [0.717, 1.165) is 21.0 Å². The molecular weight excluding hydrogens is 581 g/mol. The number of halogens is 2. The molecule has 3 rings (SSSR count). The van der Waals surface area contributed by atoms with Crippen LogP contribution in [0.15, 0.2) is 71.6 Å². The molecule has 7 nitrogen and oxygen atoms in total. The summed E-state index contributed by atoms with van der Waals surface area (Å²) < 4.78 is 28.9. The number of anilines is 1. The fraction of sp³-hybridized carbons (Fsp3) is 0.355. The third-order valence-electron chi connectivity index (χ3n) is 6.40. The average Bonchev–Trinajstić information content (AvgIpc) is 2.88. The zero-order valence-electron chi connectivity index (χ0n) is 24.2. The highest BCUT2D eigenvalue weighted by molar-refractivity contribution is 7.92. The monoisotopic (exact) mass is 617 g/mol. The van der Waals surface area contributed by atoms with Gasteiger partial charge in [-0.05, 0) is 76.9 Å². The summed E-state index contributed by atoms with van der Waals surface area (Å²) in [5.74, 6) is -0.854. The van der Waals surface area contributed by atoms with E-state index in [-0.39, 0.29) is 33.1 Å². The van der Waals surface area contributed by atoms with Gasteiger partial charge in [-0.3, -0.25) is 13.9 Å². The van der Waals surface area contributed by atoms with Crippen molar-refractivity contribution in [2.45, 2.75) is 71.0 Å². The molecule has 3 aromatic rings. The lowest BCUT2D eigenvalue weighted by Gasteiger charge is -2.35. The minimum Gasteiger partial charge on any atom is -0.350 e. The number of amides is 2. The minimum atomic E-state index is -4.21. The Hall–Kier alpha value is -3.07. The van der Waals surface area contributed by atoms with Crippen LogP contribution in [0, 0.1) is 13.8 Å². The first-order valence-corrected chi connectivity index (χ1v) is 15.5. The van der Waals surface area contributed by atoms with Gasteiger partial charge in [0.2, 0.25) is 11.8 Å². The third kappa shape index (κ3) is 8.47. The molecule has 41 heavy (non-hydrogen) atoms. The van der Waals surface area contributed by atoms with E-state index >= 15 is 0 Å². The maximum Gasteiger partial charge on any atom is 0.264 e. The highest BCUT2D eigenvalue weighted by Gasteiger charge is 2.34. The lowest BCUT2D eigenvalue weighted by atomic mass is 10.0. The first-order valence-electron chi connectivity index (χ1n) is 13.3. The fourth-order valence-electron chi connectivity index (χ4n) is 4.39. The van der Waals surface area contributed by atoms with Gasteiger partial charge in [0.25, 0.3) is 10.0 Å². The Morgan fingerprint density at radius 2 is 1.56 bits per heavy atom. The van der Waals surface area contributed by atoms with Crippen LogP contribution in [-0.2, 0) is 26.2 Å². The van der Waals surface area contributed by atoms with E-state index < -0.39 is 34.1 Å². The maximum absolute atomic E-state index is 14.2. The van der Waals surface area contributed by atoms with Crippen LogP contribution < -0.4 is 9.62 Å². The number of aryl methyl sites for hydroxylation is 2. The summed E-state index contributed by atoms with van der Waals surface area (Å²) in [6.07, 6.45) is 0.330. The minimum absolute atomic E-state index is 0.0183. The van der Waals surface area contributed by atoms with Crippen LogP contribution in [0.5, 0.6) is 0 Å². The van der Waals surface area contributed by atoms with E-state index in [2.05, 4.69) is 5.32 Å². The molecule has 0 aromatic heterocycles. The van der Waals surface area contributed by atoms with Gasteiger partial charge in [-0.25, -0.2) is 8.42 Å². The van der Waals surface area contributed by atoms with Crippen LogP contribution >= 0.6 is 23.2 Å². The number of sulfonamides is 1. The van der Waals surface area contributed by atoms with Crippen molar-refractivity contribution in [1.29, 1.82) is 0 Å². The molecule has 0 saturated heterocycles. The largest absolute Gasteiger partial charge is 0.350 e. The van der Waals surface area contributed by atoms with Crippen molar-refractivity contribution in [3.63, 3.8) is 0 Å². The van der Waals surface area contributed by atoms with Gasteiger partial charge in [-0.1, -0.05) is 77.7 Å². The molecular formula is C31H37Cl2N3O4S. The van der Waals surface area contributed by atoms with Gasteiger partial charge in [-0.15, -0.1) is 0 Å². The molecule has 0 bridgehead atoms. The number of carbonyl (C=O) groups is 2. The molecule has 1 atom stereocenters. The Bertz CT molecular complexity index is 1500. The van der Waals surface area contributed by atoms with Crippen molar-refractivity contribution >= 4 is 50.7 Å². The summed E-state index contributed by atoms with van der Waals surface area (Å²) in [6.45, 7) is 10.8. The predicted molar refractivity (Wildman–Crippen MR) is 166 cm³/mol. The number of hydrogen-bond donors (Lipinski definition) is 1. The Morgan fingerprint density at radius 1 is 0.902 bits per heavy atom. The molecule has 0 fully saturated rings. The lowest BCUT2D eigenvalue weighted by molar-refractivity contribution is -0.141. The molecule has 0 aliphatic heterocycles. The topological polar surface area (TPSA) is 86.8 Å². The summed E-state index contributed by atoms with van der Waals surface area (Å²) >= 11 is 12.4. The number of benzene rings is 3. The standard InChI is InChI=1S/C31H37Cl2N3O4S/c1-7-28(30(38)34-31(4,5)6)35(19-23-10-8-9-22(3)17-23)29(37)20-36(24-13-16-26(32)27(33)18-24)41(39,40)25-14-11-21(2)12-15-25/h8-18,28H,7,19-20H2,1-6H3,(H,34,38)/t28-/m1/s1. The van der Waals surface area contributed by atoms with Crippen molar-refractivity contribution < 1.29 is 18.0 Å². The molecule has 0 unspecified atom stereocenters. The van der Waals surface area contributed by atoms with Crippen LogP contribution in [0.1, 0.15) is 50.8 Å². The number of carbonyl (C=O) groups excluding carboxylic acids is 2. The summed E-state index contributed by atoms with van der Waals surface area (Å²) in [7, 11) is -4.21. The predicted octanol–water partition coefficient (Wildman–Crippen LogP) is 6.53. The number of hydrogen-bond acceptors (Lipinski definition) is 4. The molecule has 0 aliphatic rings. The molecule has 0 radical (unpaired) electrons. The van der Waals surface area contributed by atoms with Crippen LogP contribution in [0.3, 0.4) is 0 Å². The van der Waals surface area contributed by atoms with E-state index in [9.17, 15) is 18.0 Å². The normalized spacial score (nSPS) is 12.5. The number of nitrogens with one attached hydrogen (secondary N) is 1. The highest BCUT2D eigenvalue weighted by atomic mass is 35.5. The van der Waals surface area contributed by atoms with Crippen molar-refractivity contribution in [3.05, 3.63) is 93.5 Å². The second kappa shape index (κ2) is 13.3. The molecule has 0 heterocycles. The third-order valence-corrected chi connectivity index (χ3v) is 8.93. The second-order valence-electron chi connectivity index (χ2n) is 11.1. The quantitative estimate of drug-likeness (QED) is 0.280. The summed E-state index contributed by atoms with van der Waals surface area (Å²) in [6, 6.07) is 17.6. The zero-order valence-corrected chi connectivity index (χ0v) is 26.6. The van der Waals surface area contributed by atoms with Gasteiger partial charge in [0.1, 0.15) is 12.6 Å². The van der Waals surface area contributed by atoms with Crippen LogP contribution in [0.4, 0.5) is 5.69 Å². The van der Waals surface area contributed by atoms with E-state index in [1.165, 1.54) is 35.2 Å². The fourth-order valence-corrected chi connectivity index (χ4v) is 6.08. The van der Waals surface area contributed by atoms with E-state index in [0.29, 0.717) is 6.42 Å². The molecule has 0 saturated carbocycles. The average molecular weight is 619 g/mol. The summed E-state index contributed by atoms with van der Waals surface area (Å²) in [5, 5.41) is 3.36. The van der Waals surface area contributed by atoms with Crippen molar-refractivity contribution in [1.82, 2.24) is 10.2 Å². The van der Waals surface area contributed by atoms with Gasteiger partial charge < -0.3 is 10.2 Å². The van der Waals surface area contributed by atoms with Gasteiger partial charge in [0, 0.05) is 12.1 Å². The number of rotatable bonds is 10. The molecule has 0 spiro atoms. The Labute approximate surface area is 253 Å². The van der Waals surface area contributed by atoms with Gasteiger partial charge >= 0.3 is 0 Å². The first kappa shape index (κ1) is 32.4. The van der Waals surface area contributed by atoms with E-state index in [4.69, 9.17) is 23.2 Å². The second-order valence-corrected chi connectivity index (χ2v) is 13.8. The Morgan fingerprint density at radius 3 is 2.12 bits per heavy atom. The Balaban J connectivity index is 2.10. The zero-order chi connectivity index (χ0) is 30.5. The molecule has 10 heteroatoms. The van der Waals surface area contributed by atoms with E-state index in [1.54, 1.807) is 12.1 Å². The van der Waals surface area contributed by atoms with Gasteiger partial charge in [0.05, 0.1) is 20.6 Å². The number of nitrogens with zero attached hydrogens (tertiary/aromatic N) is 2. The summed E-state index contributed by atoms with van der Waals surface area (Å²) in [4.78, 5) is 29.0. The van der Waals surface area contributed by atoms with Crippen molar-refractivity contribution in [3.8, 4) is 0 Å². The molecule has 220 valence electrons.